The molecule has 4 nitrogen and oxygen atoms in total. The first-order valence-electron chi connectivity index (χ1n) is 5.59. The van der Waals surface area contributed by atoms with Crippen molar-refractivity contribution >= 4 is 0 Å². The van der Waals surface area contributed by atoms with Crippen LogP contribution >= 0.6 is 0 Å². The zero-order valence-electron chi connectivity index (χ0n) is 9.48. The van der Waals surface area contributed by atoms with Crippen molar-refractivity contribution in [2.75, 3.05) is 7.11 Å². The van der Waals surface area contributed by atoms with Gasteiger partial charge in [0, 0.05) is 12.7 Å². The van der Waals surface area contributed by atoms with Crippen LogP contribution in [0.15, 0.2) is 42.5 Å². The number of hydrogen-bond acceptors (Lipinski definition) is 4. The monoisotopic (exact) mass is 234 g/mol. The summed E-state index contributed by atoms with van der Waals surface area (Å²) < 4.78 is 22.1. The molecule has 4 atom stereocenters. The summed E-state index contributed by atoms with van der Waals surface area (Å²) in [6.45, 7) is 0. The number of hydrogen-bond donors (Lipinski definition) is 0. The van der Waals surface area contributed by atoms with Crippen molar-refractivity contribution in [3.05, 3.63) is 48.0 Å². The van der Waals surface area contributed by atoms with E-state index in [9.17, 15) is 0 Å². The predicted octanol–water partition coefficient (Wildman–Crippen LogP) is 1.99. The number of ether oxygens (including phenoxy) is 4. The molecule has 1 aromatic carbocycles. The smallest absolute Gasteiger partial charge is 0.194 e. The molecule has 2 aliphatic rings. The van der Waals surface area contributed by atoms with Crippen LogP contribution in [0.5, 0.6) is 0 Å². The van der Waals surface area contributed by atoms with Gasteiger partial charge < -0.3 is 18.9 Å². The molecule has 1 aromatic rings. The molecule has 17 heavy (non-hydrogen) atoms. The maximum absolute atomic E-state index is 5.75. The Hall–Kier alpha value is -1.20. The molecule has 0 radical (unpaired) electrons. The molecule has 1 saturated heterocycles. The van der Waals surface area contributed by atoms with Gasteiger partial charge in [-0.3, -0.25) is 0 Å². The highest BCUT2D eigenvalue weighted by Crippen LogP contribution is 2.34. The van der Waals surface area contributed by atoms with E-state index < -0.39 is 6.29 Å². The minimum Gasteiger partial charge on any atom is -0.352 e. The second-order valence-corrected chi connectivity index (χ2v) is 3.97. The van der Waals surface area contributed by atoms with Crippen molar-refractivity contribution in [1.29, 1.82) is 0 Å². The van der Waals surface area contributed by atoms with Crippen LogP contribution < -0.4 is 0 Å². The standard InChI is InChI=1S/C13H14O4/c1-14-11-8-7-10-13(16-11)17-12(15-10)9-5-3-2-4-6-9/h2-8,10-13H,1H3. The fraction of sp³-hybridized carbons (Fsp3) is 0.385. The predicted molar refractivity (Wildman–Crippen MR) is 60.0 cm³/mol. The van der Waals surface area contributed by atoms with Crippen molar-refractivity contribution < 1.29 is 18.9 Å². The minimum atomic E-state index is -0.393. The molecule has 4 heteroatoms. The van der Waals surface area contributed by atoms with Crippen LogP contribution in [-0.4, -0.2) is 25.8 Å². The maximum atomic E-state index is 5.75. The molecule has 0 spiro atoms. The third kappa shape index (κ3) is 2.12. The summed E-state index contributed by atoms with van der Waals surface area (Å²) in [5.41, 5.74) is 0.993. The molecule has 1 fully saturated rings. The summed E-state index contributed by atoms with van der Waals surface area (Å²) in [5, 5.41) is 0. The van der Waals surface area contributed by atoms with Crippen LogP contribution in [0.1, 0.15) is 11.9 Å². The summed E-state index contributed by atoms with van der Waals surface area (Å²) in [6.07, 6.45) is 2.48. The highest BCUT2D eigenvalue weighted by molar-refractivity contribution is 5.17. The highest BCUT2D eigenvalue weighted by Gasteiger charge is 2.39. The van der Waals surface area contributed by atoms with Crippen LogP contribution in [0.4, 0.5) is 0 Å². The molecule has 0 aliphatic carbocycles. The molecule has 4 unspecified atom stereocenters. The number of methoxy groups -OCH3 is 1. The van der Waals surface area contributed by atoms with Gasteiger partial charge in [-0.15, -0.1) is 0 Å². The third-order valence-corrected chi connectivity index (χ3v) is 2.84. The average Bonchev–Trinajstić information content (AvgIpc) is 2.82. The second-order valence-electron chi connectivity index (χ2n) is 3.97. The SMILES string of the molecule is COC1C=CC2OC(c3ccccc3)OC2O1. The van der Waals surface area contributed by atoms with Gasteiger partial charge >= 0.3 is 0 Å². The van der Waals surface area contributed by atoms with Gasteiger partial charge in [0.05, 0.1) is 0 Å². The molecule has 0 saturated carbocycles. The lowest BCUT2D eigenvalue weighted by molar-refractivity contribution is -0.220. The molecule has 0 bridgehead atoms. The van der Waals surface area contributed by atoms with E-state index in [0.29, 0.717) is 0 Å². The second kappa shape index (κ2) is 4.58. The van der Waals surface area contributed by atoms with Crippen LogP contribution in [0.2, 0.25) is 0 Å². The summed E-state index contributed by atoms with van der Waals surface area (Å²) in [6, 6.07) is 9.82. The van der Waals surface area contributed by atoms with Crippen LogP contribution in [-0.2, 0) is 18.9 Å². The van der Waals surface area contributed by atoms with Gasteiger partial charge in [0.2, 0.25) is 0 Å². The van der Waals surface area contributed by atoms with Gasteiger partial charge in [0.15, 0.2) is 18.9 Å². The zero-order chi connectivity index (χ0) is 11.7. The van der Waals surface area contributed by atoms with Crippen LogP contribution in [0.3, 0.4) is 0 Å². The van der Waals surface area contributed by atoms with Crippen molar-refractivity contribution in [3.63, 3.8) is 0 Å². The Kier molecular flexibility index (Phi) is 2.94. The van der Waals surface area contributed by atoms with E-state index in [4.69, 9.17) is 18.9 Å². The Balaban J connectivity index is 1.73. The lowest BCUT2D eigenvalue weighted by Crippen LogP contribution is -2.33. The molecule has 3 rings (SSSR count). The molecular formula is C13H14O4. The van der Waals surface area contributed by atoms with Crippen molar-refractivity contribution in [2.45, 2.75) is 25.0 Å². The number of rotatable bonds is 2. The van der Waals surface area contributed by atoms with Gasteiger partial charge in [-0.25, -0.2) is 0 Å². The van der Waals surface area contributed by atoms with E-state index in [-0.39, 0.29) is 18.7 Å². The lowest BCUT2D eigenvalue weighted by Gasteiger charge is -2.23. The third-order valence-electron chi connectivity index (χ3n) is 2.84. The van der Waals surface area contributed by atoms with E-state index in [2.05, 4.69) is 0 Å². The Labute approximate surface area is 99.7 Å². The van der Waals surface area contributed by atoms with Crippen LogP contribution in [0, 0.1) is 0 Å². The quantitative estimate of drug-likeness (QED) is 0.733. The van der Waals surface area contributed by atoms with E-state index in [0.717, 1.165) is 5.56 Å². The average molecular weight is 234 g/mol. The molecule has 0 aromatic heterocycles. The van der Waals surface area contributed by atoms with E-state index in [1.165, 1.54) is 0 Å². The summed E-state index contributed by atoms with van der Waals surface area (Å²) in [5.74, 6) is 0. The molecule has 0 N–H and O–H groups in total. The van der Waals surface area contributed by atoms with Crippen molar-refractivity contribution in [3.8, 4) is 0 Å². The van der Waals surface area contributed by atoms with E-state index >= 15 is 0 Å². The molecule has 2 heterocycles. The molecule has 2 aliphatic heterocycles. The maximum Gasteiger partial charge on any atom is 0.194 e. The topological polar surface area (TPSA) is 36.9 Å². The molecule has 90 valence electrons. The van der Waals surface area contributed by atoms with Crippen molar-refractivity contribution in [1.82, 2.24) is 0 Å². The van der Waals surface area contributed by atoms with Crippen molar-refractivity contribution in [2.24, 2.45) is 0 Å². The van der Waals surface area contributed by atoms with E-state index in [1.54, 1.807) is 7.11 Å². The Bertz CT molecular complexity index is 403. The van der Waals surface area contributed by atoms with Gasteiger partial charge in [-0.05, 0) is 12.2 Å². The molecular weight excluding hydrogens is 220 g/mol. The van der Waals surface area contributed by atoms with Gasteiger partial charge in [0.25, 0.3) is 0 Å². The van der Waals surface area contributed by atoms with Gasteiger partial charge in [0.1, 0.15) is 6.10 Å². The summed E-state index contributed by atoms with van der Waals surface area (Å²) in [4.78, 5) is 0. The lowest BCUT2D eigenvalue weighted by atomic mass is 10.2. The zero-order valence-corrected chi connectivity index (χ0v) is 9.48. The largest absolute Gasteiger partial charge is 0.352 e. The highest BCUT2D eigenvalue weighted by atomic mass is 16.8. The Morgan fingerprint density at radius 2 is 1.82 bits per heavy atom. The van der Waals surface area contributed by atoms with Crippen LogP contribution in [0.25, 0.3) is 0 Å². The van der Waals surface area contributed by atoms with E-state index in [1.807, 2.05) is 42.5 Å². The fourth-order valence-corrected chi connectivity index (χ4v) is 1.96. The number of fused-ring (bicyclic) bond motifs is 1. The van der Waals surface area contributed by atoms with Gasteiger partial charge in [-0.2, -0.15) is 0 Å². The normalized spacial score (nSPS) is 35.8. The first kappa shape index (κ1) is 10.9. The van der Waals surface area contributed by atoms with Gasteiger partial charge in [-0.1, -0.05) is 30.3 Å². The molecule has 0 amide bonds. The first-order chi connectivity index (χ1) is 8.36. The fourth-order valence-electron chi connectivity index (χ4n) is 1.96. The minimum absolute atomic E-state index is 0.161. The summed E-state index contributed by atoms with van der Waals surface area (Å²) in [7, 11) is 1.60. The Morgan fingerprint density at radius 1 is 1.00 bits per heavy atom. The Morgan fingerprint density at radius 3 is 2.59 bits per heavy atom. The first-order valence-corrected chi connectivity index (χ1v) is 5.59. The summed E-state index contributed by atoms with van der Waals surface area (Å²) >= 11 is 0. The number of benzene rings is 1.